The second kappa shape index (κ2) is 8.15. The Hall–Kier alpha value is -2.66. The van der Waals surface area contributed by atoms with Crippen LogP contribution in [0.2, 0.25) is 0 Å². The molecule has 146 valence electrons. The van der Waals surface area contributed by atoms with Crippen LogP contribution in [0, 0.1) is 5.92 Å². The highest BCUT2D eigenvalue weighted by atomic mass is 16.5. The molecule has 1 amide bonds. The fourth-order valence-electron chi connectivity index (χ4n) is 4.20. The molecule has 4 rings (SSSR count). The number of anilines is 1. The number of amides is 1. The van der Waals surface area contributed by atoms with Crippen LogP contribution in [0.4, 0.5) is 11.4 Å². The van der Waals surface area contributed by atoms with Crippen LogP contribution in [0.15, 0.2) is 53.5 Å². The molecule has 28 heavy (non-hydrogen) atoms. The molecular formula is C23H28N3O2+. The summed E-state index contributed by atoms with van der Waals surface area (Å²) in [6, 6.07) is 15.6. The molecule has 2 atom stereocenters. The Labute approximate surface area is 166 Å². The van der Waals surface area contributed by atoms with Gasteiger partial charge in [-0.15, -0.1) is 0 Å². The van der Waals surface area contributed by atoms with Crippen molar-refractivity contribution in [1.82, 2.24) is 0 Å². The summed E-state index contributed by atoms with van der Waals surface area (Å²) < 4.78 is 5.49. The number of fused-ring (bicyclic) bond motifs is 1. The summed E-state index contributed by atoms with van der Waals surface area (Å²) in [4.78, 5) is 21.3. The summed E-state index contributed by atoms with van der Waals surface area (Å²) >= 11 is 0. The minimum absolute atomic E-state index is 0.000751. The van der Waals surface area contributed by atoms with Crippen molar-refractivity contribution in [3.05, 3.63) is 54.1 Å². The minimum Gasteiger partial charge on any atom is -0.494 e. The monoisotopic (exact) mass is 378 g/mol. The van der Waals surface area contributed by atoms with Crippen LogP contribution in [-0.2, 0) is 4.79 Å². The molecule has 0 radical (unpaired) electrons. The topological polar surface area (TPSA) is 46.3 Å². The molecule has 2 aliphatic heterocycles. The summed E-state index contributed by atoms with van der Waals surface area (Å²) in [6.07, 6.45) is 2.52. The van der Waals surface area contributed by atoms with Gasteiger partial charge in [-0.2, -0.15) is 0 Å². The third kappa shape index (κ3) is 3.80. The van der Waals surface area contributed by atoms with Crippen molar-refractivity contribution in [3.8, 4) is 5.75 Å². The van der Waals surface area contributed by atoms with E-state index in [1.165, 1.54) is 17.7 Å². The smallest absolute Gasteiger partial charge is 0.281 e. The van der Waals surface area contributed by atoms with Crippen LogP contribution < -0.4 is 14.5 Å². The average Bonchev–Trinajstić information content (AvgIpc) is 2.96. The first-order valence-corrected chi connectivity index (χ1v) is 10.2. The fourth-order valence-corrected chi connectivity index (χ4v) is 4.20. The number of benzene rings is 2. The molecule has 1 unspecified atom stereocenters. The lowest BCUT2D eigenvalue weighted by Crippen LogP contribution is -3.15. The van der Waals surface area contributed by atoms with Gasteiger partial charge in [-0.1, -0.05) is 25.1 Å². The molecule has 1 saturated heterocycles. The number of hydrogen-bond acceptors (Lipinski definition) is 3. The number of likely N-dealkylation sites (tertiary alicyclic amines) is 1. The number of aliphatic imine (C=N–C) groups is 1. The molecule has 0 saturated carbocycles. The number of nitrogens with zero attached hydrogens (tertiary/aromatic N) is 2. The zero-order valence-electron chi connectivity index (χ0n) is 16.6. The summed E-state index contributed by atoms with van der Waals surface area (Å²) in [7, 11) is 0. The van der Waals surface area contributed by atoms with Crippen molar-refractivity contribution in [2.24, 2.45) is 10.9 Å². The maximum absolute atomic E-state index is 13.2. The van der Waals surface area contributed by atoms with E-state index < -0.39 is 0 Å². The number of hydrogen-bond donors (Lipinski definition) is 1. The molecule has 2 aromatic rings. The molecule has 1 fully saturated rings. The van der Waals surface area contributed by atoms with E-state index in [0.717, 1.165) is 35.8 Å². The van der Waals surface area contributed by atoms with Gasteiger partial charge in [-0.05, 0) is 50.1 Å². The second-order valence-electron chi connectivity index (χ2n) is 7.75. The van der Waals surface area contributed by atoms with Gasteiger partial charge in [0.15, 0.2) is 6.67 Å². The van der Waals surface area contributed by atoms with Crippen LogP contribution in [0.25, 0.3) is 0 Å². The summed E-state index contributed by atoms with van der Waals surface area (Å²) in [6.45, 7) is 7.85. The molecule has 5 heteroatoms. The van der Waals surface area contributed by atoms with Gasteiger partial charge in [-0.3, -0.25) is 9.69 Å². The molecule has 0 spiro atoms. The SMILES string of the molecule is CCOc1ccc(N=C2C(=O)N(C[NH+]3CCC[C@@H](C)C3)c3ccccc32)cc1. The van der Waals surface area contributed by atoms with E-state index in [1.807, 2.05) is 60.4 Å². The third-order valence-corrected chi connectivity index (χ3v) is 5.53. The summed E-state index contributed by atoms with van der Waals surface area (Å²) in [5.41, 5.74) is 3.19. The van der Waals surface area contributed by atoms with Gasteiger partial charge < -0.3 is 9.64 Å². The number of quaternary nitrogens is 1. The summed E-state index contributed by atoms with van der Waals surface area (Å²) in [5, 5.41) is 0. The van der Waals surface area contributed by atoms with E-state index in [1.54, 1.807) is 0 Å². The van der Waals surface area contributed by atoms with E-state index in [-0.39, 0.29) is 5.91 Å². The van der Waals surface area contributed by atoms with Crippen molar-refractivity contribution in [1.29, 1.82) is 0 Å². The molecule has 0 bridgehead atoms. The first-order chi connectivity index (χ1) is 13.7. The molecule has 2 aromatic carbocycles. The van der Waals surface area contributed by atoms with E-state index in [4.69, 9.17) is 9.73 Å². The lowest BCUT2D eigenvalue weighted by atomic mass is 10.0. The number of rotatable bonds is 5. The zero-order valence-corrected chi connectivity index (χ0v) is 16.6. The molecule has 5 nitrogen and oxygen atoms in total. The van der Waals surface area contributed by atoms with E-state index in [2.05, 4.69) is 6.92 Å². The number of carbonyl (C=O) groups is 1. The quantitative estimate of drug-likeness (QED) is 0.870. The average molecular weight is 378 g/mol. The maximum atomic E-state index is 13.2. The maximum Gasteiger partial charge on any atom is 0.281 e. The first kappa shape index (κ1) is 18.7. The number of ether oxygens (including phenoxy) is 1. The molecule has 2 heterocycles. The standard InChI is InChI=1S/C23H27N3O2/c1-3-28-19-12-10-18(11-13-19)24-22-20-8-4-5-9-21(20)26(23(22)27)16-25-14-6-7-17(2)15-25/h4-5,8-13,17H,3,6-7,14-16H2,1-2H3/p+1/t17-/m1/s1. The molecule has 1 N–H and O–H groups in total. The van der Waals surface area contributed by atoms with Crippen molar-refractivity contribution < 1.29 is 14.4 Å². The lowest BCUT2D eigenvalue weighted by Gasteiger charge is -2.31. The highest BCUT2D eigenvalue weighted by Crippen LogP contribution is 2.30. The van der Waals surface area contributed by atoms with E-state index in [9.17, 15) is 4.79 Å². The van der Waals surface area contributed by atoms with E-state index >= 15 is 0 Å². The van der Waals surface area contributed by atoms with Gasteiger partial charge in [0.25, 0.3) is 5.91 Å². The van der Waals surface area contributed by atoms with Gasteiger partial charge >= 0.3 is 0 Å². The van der Waals surface area contributed by atoms with Crippen molar-refractivity contribution in [2.75, 3.05) is 31.3 Å². The van der Waals surface area contributed by atoms with Crippen molar-refractivity contribution in [3.63, 3.8) is 0 Å². The number of nitrogens with one attached hydrogen (secondary N) is 1. The molecular weight excluding hydrogens is 350 g/mol. The Morgan fingerprint density at radius 2 is 1.96 bits per heavy atom. The van der Waals surface area contributed by atoms with Crippen LogP contribution in [-0.4, -0.2) is 38.0 Å². The fraction of sp³-hybridized carbons (Fsp3) is 0.391. The predicted octanol–water partition coefficient (Wildman–Crippen LogP) is 2.83. The molecule has 0 aliphatic carbocycles. The van der Waals surface area contributed by atoms with Crippen LogP contribution >= 0.6 is 0 Å². The minimum atomic E-state index is 0.000751. The Kier molecular flexibility index (Phi) is 5.44. The lowest BCUT2D eigenvalue weighted by molar-refractivity contribution is -0.907. The number of carbonyl (C=O) groups excluding carboxylic acids is 1. The zero-order chi connectivity index (χ0) is 19.5. The number of piperidine rings is 1. The van der Waals surface area contributed by atoms with Crippen LogP contribution in [0.3, 0.4) is 0 Å². The van der Waals surface area contributed by atoms with Gasteiger partial charge in [0.1, 0.15) is 11.5 Å². The highest BCUT2D eigenvalue weighted by Gasteiger charge is 2.36. The van der Waals surface area contributed by atoms with Crippen LogP contribution in [0.5, 0.6) is 5.75 Å². The van der Waals surface area contributed by atoms with Gasteiger partial charge in [0.05, 0.1) is 31.1 Å². The van der Waals surface area contributed by atoms with Crippen LogP contribution in [0.1, 0.15) is 32.3 Å². The highest BCUT2D eigenvalue weighted by molar-refractivity contribution is 6.54. The van der Waals surface area contributed by atoms with Crippen molar-refractivity contribution in [2.45, 2.75) is 26.7 Å². The normalized spacial score (nSPS) is 23.1. The molecule has 2 aliphatic rings. The Morgan fingerprint density at radius 1 is 1.18 bits per heavy atom. The molecule has 0 aromatic heterocycles. The first-order valence-electron chi connectivity index (χ1n) is 10.2. The Bertz CT molecular complexity index is 876. The van der Waals surface area contributed by atoms with Gasteiger partial charge in [-0.25, -0.2) is 4.99 Å². The van der Waals surface area contributed by atoms with Gasteiger partial charge in [0, 0.05) is 11.5 Å². The predicted molar refractivity (Wildman–Crippen MR) is 112 cm³/mol. The van der Waals surface area contributed by atoms with Gasteiger partial charge in [0.2, 0.25) is 0 Å². The third-order valence-electron chi connectivity index (χ3n) is 5.53. The summed E-state index contributed by atoms with van der Waals surface area (Å²) in [5.74, 6) is 1.53. The second-order valence-corrected chi connectivity index (χ2v) is 7.75. The number of para-hydroxylation sites is 1. The Morgan fingerprint density at radius 3 is 2.71 bits per heavy atom. The van der Waals surface area contributed by atoms with E-state index in [0.29, 0.717) is 24.9 Å². The Balaban J connectivity index is 1.61. The largest absolute Gasteiger partial charge is 0.494 e. The van der Waals surface area contributed by atoms with Crippen molar-refractivity contribution >= 4 is 23.0 Å².